The number of nitrogens with zero attached hydrogens (tertiary/aromatic N) is 1. The van der Waals surface area contributed by atoms with Crippen LogP contribution in [0.4, 0.5) is 0 Å². The molecule has 3 nitrogen and oxygen atoms in total. The molecule has 0 spiro atoms. The highest BCUT2D eigenvalue weighted by Gasteiger charge is 2.21. The topological polar surface area (TPSA) is 21.7 Å². The van der Waals surface area contributed by atoms with E-state index in [0.717, 1.165) is 50.2 Å². The third-order valence-electron chi connectivity index (χ3n) is 3.85. The molecule has 4 heteroatoms. The van der Waals surface area contributed by atoms with Crippen LogP contribution in [0.5, 0.6) is 5.75 Å². The molecule has 3 rings (SSSR count). The molecule has 0 bridgehead atoms. The molecule has 0 amide bonds. The maximum Gasteiger partial charge on any atom is 0.123 e. The molecule has 2 heterocycles. The van der Waals surface area contributed by atoms with Gasteiger partial charge in [-0.15, -0.1) is 0 Å². The summed E-state index contributed by atoms with van der Waals surface area (Å²) in [6.07, 6.45) is 2.47. The number of fused-ring (bicyclic) bond motifs is 1. The van der Waals surface area contributed by atoms with E-state index in [1.54, 1.807) is 0 Å². The van der Waals surface area contributed by atoms with E-state index in [1.165, 1.54) is 18.4 Å². The fraction of sp³-hybridized carbons (Fsp3) is 0.600. The van der Waals surface area contributed by atoms with E-state index in [2.05, 4.69) is 4.90 Å². The van der Waals surface area contributed by atoms with Gasteiger partial charge in [0.15, 0.2) is 0 Å². The van der Waals surface area contributed by atoms with Gasteiger partial charge >= 0.3 is 0 Å². The van der Waals surface area contributed by atoms with Crippen LogP contribution in [0.3, 0.4) is 0 Å². The second-order valence-corrected chi connectivity index (χ2v) is 5.86. The molecule has 1 aromatic rings. The molecule has 1 atom stereocenters. The van der Waals surface area contributed by atoms with Gasteiger partial charge in [-0.05, 0) is 37.0 Å². The van der Waals surface area contributed by atoms with E-state index in [-0.39, 0.29) is 0 Å². The van der Waals surface area contributed by atoms with Crippen LogP contribution < -0.4 is 4.74 Å². The van der Waals surface area contributed by atoms with E-state index < -0.39 is 0 Å². The Hall–Kier alpha value is -0.770. The number of benzene rings is 1. The van der Waals surface area contributed by atoms with E-state index in [0.29, 0.717) is 5.92 Å². The summed E-state index contributed by atoms with van der Waals surface area (Å²) in [5.41, 5.74) is 1.20. The van der Waals surface area contributed by atoms with E-state index in [4.69, 9.17) is 21.1 Å². The average molecular weight is 282 g/mol. The van der Waals surface area contributed by atoms with Crippen molar-refractivity contribution >= 4 is 11.6 Å². The average Bonchev–Trinajstić information content (AvgIpc) is 2.61. The van der Waals surface area contributed by atoms with E-state index >= 15 is 0 Å². The van der Waals surface area contributed by atoms with Gasteiger partial charge in [0.1, 0.15) is 12.4 Å². The van der Waals surface area contributed by atoms with Crippen molar-refractivity contribution in [2.75, 3.05) is 32.9 Å². The van der Waals surface area contributed by atoms with Crippen molar-refractivity contribution in [2.45, 2.75) is 19.4 Å². The highest BCUT2D eigenvalue weighted by atomic mass is 35.5. The molecule has 1 unspecified atom stereocenters. The second kappa shape index (κ2) is 6.12. The second-order valence-electron chi connectivity index (χ2n) is 5.42. The molecule has 0 N–H and O–H groups in total. The summed E-state index contributed by atoms with van der Waals surface area (Å²) in [6, 6.07) is 5.89. The molecule has 0 saturated carbocycles. The van der Waals surface area contributed by atoms with Crippen LogP contribution in [0, 0.1) is 5.92 Å². The Morgan fingerprint density at radius 1 is 1.32 bits per heavy atom. The van der Waals surface area contributed by atoms with Gasteiger partial charge in [-0.25, -0.2) is 0 Å². The summed E-state index contributed by atoms with van der Waals surface area (Å²) < 4.78 is 11.4. The Balaban J connectivity index is 1.67. The number of halogens is 1. The number of hydrogen-bond acceptors (Lipinski definition) is 3. The molecule has 0 aliphatic carbocycles. The summed E-state index contributed by atoms with van der Waals surface area (Å²) in [5, 5.41) is 0.783. The van der Waals surface area contributed by atoms with Crippen LogP contribution in [0.1, 0.15) is 18.4 Å². The van der Waals surface area contributed by atoms with Gasteiger partial charge in [0.25, 0.3) is 0 Å². The monoisotopic (exact) mass is 281 g/mol. The molecule has 0 aromatic heterocycles. The fourth-order valence-corrected chi connectivity index (χ4v) is 3.08. The van der Waals surface area contributed by atoms with Crippen molar-refractivity contribution in [3.8, 4) is 5.75 Å². The molecule has 1 saturated heterocycles. The zero-order valence-corrected chi connectivity index (χ0v) is 11.9. The third kappa shape index (κ3) is 3.41. The minimum atomic E-state index is 0.662. The zero-order chi connectivity index (χ0) is 13.1. The minimum Gasteiger partial charge on any atom is -0.492 e. The predicted molar refractivity (Wildman–Crippen MR) is 75.8 cm³/mol. The van der Waals surface area contributed by atoms with E-state index in [9.17, 15) is 0 Å². The predicted octanol–water partition coefficient (Wildman–Crippen LogP) is 2.96. The molecule has 19 heavy (non-hydrogen) atoms. The first-order valence-electron chi connectivity index (χ1n) is 7.02. The fourth-order valence-electron chi connectivity index (χ4n) is 2.89. The van der Waals surface area contributed by atoms with Crippen molar-refractivity contribution in [1.29, 1.82) is 0 Å². The maximum atomic E-state index is 6.08. The lowest BCUT2D eigenvalue weighted by Crippen LogP contribution is -2.34. The van der Waals surface area contributed by atoms with Gasteiger partial charge in [0, 0.05) is 36.8 Å². The quantitative estimate of drug-likeness (QED) is 0.832. The van der Waals surface area contributed by atoms with Gasteiger partial charge in [-0.1, -0.05) is 11.6 Å². The molecular weight excluding hydrogens is 262 g/mol. The third-order valence-corrected chi connectivity index (χ3v) is 4.09. The van der Waals surface area contributed by atoms with Gasteiger partial charge < -0.3 is 9.47 Å². The van der Waals surface area contributed by atoms with Crippen molar-refractivity contribution in [2.24, 2.45) is 5.92 Å². The maximum absolute atomic E-state index is 6.08. The zero-order valence-electron chi connectivity index (χ0n) is 11.1. The Morgan fingerprint density at radius 3 is 3.11 bits per heavy atom. The summed E-state index contributed by atoms with van der Waals surface area (Å²) in [4.78, 5) is 2.46. The van der Waals surface area contributed by atoms with Crippen molar-refractivity contribution < 1.29 is 9.47 Å². The summed E-state index contributed by atoms with van der Waals surface area (Å²) >= 11 is 6.08. The number of rotatable bonds is 2. The smallest absolute Gasteiger partial charge is 0.123 e. The summed E-state index contributed by atoms with van der Waals surface area (Å²) in [5.74, 6) is 1.64. The van der Waals surface area contributed by atoms with Gasteiger partial charge in [-0.3, -0.25) is 4.90 Å². The summed E-state index contributed by atoms with van der Waals surface area (Å²) in [6.45, 7) is 5.57. The lowest BCUT2D eigenvalue weighted by atomic mass is 10.0. The molecule has 0 radical (unpaired) electrons. The Morgan fingerprint density at radius 2 is 2.26 bits per heavy atom. The van der Waals surface area contributed by atoms with Crippen molar-refractivity contribution in [1.82, 2.24) is 4.90 Å². The first kappa shape index (κ1) is 13.2. The number of hydrogen-bond donors (Lipinski definition) is 0. The van der Waals surface area contributed by atoms with Crippen molar-refractivity contribution in [3.05, 3.63) is 28.8 Å². The molecule has 1 aromatic carbocycles. The van der Waals surface area contributed by atoms with Crippen LogP contribution in [0.15, 0.2) is 18.2 Å². The number of ether oxygens (including phenoxy) is 2. The first-order valence-corrected chi connectivity index (χ1v) is 7.40. The van der Waals surface area contributed by atoms with Crippen LogP contribution in [0.2, 0.25) is 5.02 Å². The van der Waals surface area contributed by atoms with E-state index in [1.807, 2.05) is 18.2 Å². The van der Waals surface area contributed by atoms with Crippen LogP contribution in [0.25, 0.3) is 0 Å². The molecule has 104 valence electrons. The van der Waals surface area contributed by atoms with Gasteiger partial charge in [-0.2, -0.15) is 0 Å². The molecule has 2 aliphatic heterocycles. The highest BCUT2D eigenvalue weighted by Crippen LogP contribution is 2.27. The Bertz CT molecular complexity index is 432. The standard InChI is InChI=1S/C15H20ClNO2/c16-14-3-4-15-13(8-14)10-17(5-7-19-15)9-12-2-1-6-18-11-12/h3-4,8,12H,1-2,5-7,9-11H2. The van der Waals surface area contributed by atoms with Crippen LogP contribution in [-0.4, -0.2) is 37.8 Å². The van der Waals surface area contributed by atoms with Crippen LogP contribution in [-0.2, 0) is 11.3 Å². The lowest BCUT2D eigenvalue weighted by molar-refractivity contribution is 0.0365. The Labute approximate surface area is 119 Å². The Kier molecular flexibility index (Phi) is 4.26. The normalized spacial score (nSPS) is 24.4. The minimum absolute atomic E-state index is 0.662. The van der Waals surface area contributed by atoms with Crippen LogP contribution >= 0.6 is 11.6 Å². The lowest BCUT2D eigenvalue weighted by Gasteiger charge is -2.28. The van der Waals surface area contributed by atoms with Gasteiger partial charge in [0.05, 0.1) is 6.61 Å². The SMILES string of the molecule is Clc1ccc2c(c1)CN(CC1CCCOC1)CCO2. The molecule has 2 aliphatic rings. The largest absolute Gasteiger partial charge is 0.492 e. The van der Waals surface area contributed by atoms with Crippen molar-refractivity contribution in [3.63, 3.8) is 0 Å². The first-order chi connectivity index (χ1) is 9.31. The molecule has 1 fully saturated rings. The highest BCUT2D eigenvalue weighted by molar-refractivity contribution is 6.30. The summed E-state index contributed by atoms with van der Waals surface area (Å²) in [7, 11) is 0. The molecular formula is C15H20ClNO2. The van der Waals surface area contributed by atoms with Gasteiger partial charge in [0.2, 0.25) is 0 Å².